The summed E-state index contributed by atoms with van der Waals surface area (Å²) >= 11 is 1.64. The summed E-state index contributed by atoms with van der Waals surface area (Å²) in [6.45, 7) is 5.57. The van der Waals surface area contributed by atoms with Crippen molar-refractivity contribution in [2.45, 2.75) is 25.9 Å². The van der Waals surface area contributed by atoms with Gasteiger partial charge in [-0.3, -0.25) is 4.99 Å². The fourth-order valence-corrected chi connectivity index (χ4v) is 3.64. The van der Waals surface area contributed by atoms with Gasteiger partial charge < -0.3 is 20.6 Å². The normalized spacial score (nSPS) is 13.4. The van der Waals surface area contributed by atoms with Crippen LogP contribution < -0.4 is 10.6 Å². The number of hydrogen-bond donors (Lipinski definition) is 3. The summed E-state index contributed by atoms with van der Waals surface area (Å²) in [5.74, 6) is 0.726. The minimum absolute atomic E-state index is 0.443. The van der Waals surface area contributed by atoms with Crippen molar-refractivity contribution in [1.29, 1.82) is 0 Å². The van der Waals surface area contributed by atoms with E-state index in [1.54, 1.807) is 18.4 Å². The molecular formula is C19H30N4OS. The summed E-state index contributed by atoms with van der Waals surface area (Å²) in [6, 6.07) is 10.3. The lowest BCUT2D eigenvalue weighted by atomic mass is 10.2. The summed E-state index contributed by atoms with van der Waals surface area (Å²) < 4.78 is 1.20. The van der Waals surface area contributed by atoms with E-state index in [4.69, 9.17) is 0 Å². The maximum Gasteiger partial charge on any atom is 0.191 e. The predicted octanol–water partition coefficient (Wildman–Crippen LogP) is 2.83. The Labute approximate surface area is 154 Å². The van der Waals surface area contributed by atoms with Crippen molar-refractivity contribution >= 4 is 27.4 Å². The van der Waals surface area contributed by atoms with Crippen LogP contribution in [0.1, 0.15) is 30.7 Å². The number of nitrogens with one attached hydrogen (secondary N) is 2. The van der Waals surface area contributed by atoms with Gasteiger partial charge in [-0.15, -0.1) is 11.3 Å². The average Bonchev–Trinajstić information content (AvgIpc) is 3.06. The van der Waals surface area contributed by atoms with Gasteiger partial charge in [0.25, 0.3) is 0 Å². The van der Waals surface area contributed by atoms with Crippen molar-refractivity contribution in [2.24, 2.45) is 4.99 Å². The SMILES string of the molecule is CCCCN(C)CCNC(=NC)NCC(O)c1cc2ccccc2s1. The van der Waals surface area contributed by atoms with Crippen LogP contribution in [0.15, 0.2) is 35.3 Å². The van der Waals surface area contributed by atoms with Gasteiger partial charge >= 0.3 is 0 Å². The summed E-state index contributed by atoms with van der Waals surface area (Å²) in [4.78, 5) is 7.51. The zero-order chi connectivity index (χ0) is 18.1. The lowest BCUT2D eigenvalue weighted by Gasteiger charge is -2.18. The quantitative estimate of drug-likeness (QED) is 0.474. The first-order valence-corrected chi connectivity index (χ1v) is 9.75. The minimum Gasteiger partial charge on any atom is -0.386 e. The molecule has 1 unspecified atom stereocenters. The van der Waals surface area contributed by atoms with Crippen LogP contribution in [0.2, 0.25) is 0 Å². The number of nitrogens with zero attached hydrogens (tertiary/aromatic N) is 2. The van der Waals surface area contributed by atoms with E-state index in [-0.39, 0.29) is 0 Å². The van der Waals surface area contributed by atoms with Gasteiger partial charge in [0.2, 0.25) is 0 Å². The highest BCUT2D eigenvalue weighted by molar-refractivity contribution is 7.19. The standard InChI is InChI=1S/C19H30N4OS/c1-4-5-11-23(3)12-10-21-19(20-2)22-14-16(24)18-13-15-8-6-7-9-17(15)25-18/h6-9,13,16,24H,4-5,10-12,14H2,1-3H3,(H2,20,21,22). The third-order valence-corrected chi connectivity index (χ3v) is 5.36. The van der Waals surface area contributed by atoms with Gasteiger partial charge in [0, 0.05) is 36.3 Å². The Balaban J connectivity index is 1.76. The summed E-state index contributed by atoms with van der Waals surface area (Å²) in [6.07, 6.45) is 1.91. The van der Waals surface area contributed by atoms with Gasteiger partial charge in [-0.2, -0.15) is 0 Å². The van der Waals surface area contributed by atoms with Crippen LogP contribution >= 0.6 is 11.3 Å². The smallest absolute Gasteiger partial charge is 0.191 e. The molecule has 5 nitrogen and oxygen atoms in total. The van der Waals surface area contributed by atoms with Crippen LogP contribution in [0, 0.1) is 0 Å². The van der Waals surface area contributed by atoms with Crippen LogP contribution in [0.3, 0.4) is 0 Å². The Hall–Kier alpha value is -1.63. The second kappa shape index (κ2) is 10.4. The molecular weight excluding hydrogens is 332 g/mol. The number of hydrogen-bond acceptors (Lipinski definition) is 4. The number of aliphatic hydroxyl groups is 1. The highest BCUT2D eigenvalue weighted by Crippen LogP contribution is 2.29. The predicted molar refractivity (Wildman–Crippen MR) is 109 cm³/mol. The van der Waals surface area contributed by atoms with Crippen molar-refractivity contribution in [2.75, 3.05) is 40.3 Å². The van der Waals surface area contributed by atoms with E-state index in [2.05, 4.69) is 52.7 Å². The molecule has 2 aromatic rings. The molecule has 0 aliphatic carbocycles. The van der Waals surface area contributed by atoms with Crippen molar-refractivity contribution in [1.82, 2.24) is 15.5 Å². The van der Waals surface area contributed by atoms with Gasteiger partial charge in [-0.1, -0.05) is 31.5 Å². The van der Waals surface area contributed by atoms with E-state index in [1.807, 2.05) is 12.1 Å². The highest BCUT2D eigenvalue weighted by Gasteiger charge is 2.12. The third kappa shape index (κ3) is 6.30. The lowest BCUT2D eigenvalue weighted by molar-refractivity contribution is 0.184. The molecule has 6 heteroatoms. The van der Waals surface area contributed by atoms with E-state index < -0.39 is 6.10 Å². The number of likely N-dealkylation sites (N-methyl/N-ethyl adjacent to an activating group) is 1. The van der Waals surface area contributed by atoms with Crippen LogP contribution in [0.5, 0.6) is 0 Å². The Morgan fingerprint density at radius 1 is 1.28 bits per heavy atom. The number of benzene rings is 1. The van der Waals surface area contributed by atoms with Crippen molar-refractivity contribution < 1.29 is 5.11 Å². The molecule has 1 heterocycles. The minimum atomic E-state index is -0.539. The zero-order valence-corrected chi connectivity index (χ0v) is 16.3. The van der Waals surface area contributed by atoms with Crippen molar-refractivity contribution in [3.05, 3.63) is 35.2 Å². The number of rotatable bonds is 9. The molecule has 1 aromatic carbocycles. The molecule has 2 rings (SSSR count). The van der Waals surface area contributed by atoms with Crippen LogP contribution in [0.4, 0.5) is 0 Å². The summed E-state index contributed by atoms with van der Waals surface area (Å²) in [5, 5.41) is 18.1. The maximum absolute atomic E-state index is 10.4. The largest absolute Gasteiger partial charge is 0.386 e. The van der Waals surface area contributed by atoms with Gasteiger partial charge in [0.05, 0.1) is 0 Å². The molecule has 0 saturated heterocycles. The molecule has 1 atom stereocenters. The molecule has 1 aromatic heterocycles. The Morgan fingerprint density at radius 3 is 2.80 bits per heavy atom. The number of unbranched alkanes of at least 4 members (excludes halogenated alkanes) is 1. The second-order valence-corrected chi connectivity index (χ2v) is 7.35. The fourth-order valence-electron chi connectivity index (χ4n) is 2.59. The first-order chi connectivity index (χ1) is 12.1. The summed E-state index contributed by atoms with van der Waals surface area (Å²) in [5.41, 5.74) is 0. The number of thiophene rings is 1. The van der Waals surface area contributed by atoms with E-state index in [0.717, 1.165) is 30.5 Å². The topological polar surface area (TPSA) is 59.9 Å². The molecule has 0 fully saturated rings. The van der Waals surface area contributed by atoms with Crippen molar-refractivity contribution in [3.63, 3.8) is 0 Å². The molecule has 0 radical (unpaired) electrons. The molecule has 0 aliphatic rings. The molecule has 0 spiro atoms. The number of aliphatic imine (C=N–C) groups is 1. The number of guanidine groups is 1. The number of fused-ring (bicyclic) bond motifs is 1. The Kier molecular flexibility index (Phi) is 8.18. The molecule has 0 aliphatic heterocycles. The van der Waals surface area contributed by atoms with Crippen LogP contribution in [-0.4, -0.2) is 56.2 Å². The zero-order valence-electron chi connectivity index (χ0n) is 15.5. The first kappa shape index (κ1) is 19.7. The molecule has 138 valence electrons. The monoisotopic (exact) mass is 362 g/mol. The third-order valence-electron chi connectivity index (χ3n) is 4.14. The van der Waals surface area contributed by atoms with Crippen LogP contribution in [-0.2, 0) is 0 Å². The van der Waals surface area contributed by atoms with E-state index in [0.29, 0.717) is 6.54 Å². The van der Waals surface area contributed by atoms with Gasteiger partial charge in [-0.05, 0) is 37.5 Å². The molecule has 0 saturated carbocycles. The first-order valence-electron chi connectivity index (χ1n) is 8.93. The lowest BCUT2D eigenvalue weighted by Crippen LogP contribution is -2.42. The maximum atomic E-state index is 10.4. The van der Waals surface area contributed by atoms with Crippen LogP contribution in [0.25, 0.3) is 10.1 Å². The molecule has 3 N–H and O–H groups in total. The number of aliphatic hydroxyl groups excluding tert-OH is 1. The van der Waals surface area contributed by atoms with Gasteiger partial charge in [0.1, 0.15) is 6.10 Å². The van der Waals surface area contributed by atoms with Gasteiger partial charge in [0.15, 0.2) is 5.96 Å². The highest BCUT2D eigenvalue weighted by atomic mass is 32.1. The fraction of sp³-hybridized carbons (Fsp3) is 0.526. The van der Waals surface area contributed by atoms with E-state index in [9.17, 15) is 5.11 Å². The Morgan fingerprint density at radius 2 is 2.08 bits per heavy atom. The Bertz CT molecular complexity index is 637. The molecule has 25 heavy (non-hydrogen) atoms. The van der Waals surface area contributed by atoms with E-state index >= 15 is 0 Å². The summed E-state index contributed by atoms with van der Waals surface area (Å²) in [7, 11) is 3.89. The van der Waals surface area contributed by atoms with Crippen molar-refractivity contribution in [3.8, 4) is 0 Å². The van der Waals surface area contributed by atoms with Gasteiger partial charge in [-0.25, -0.2) is 0 Å². The second-order valence-electron chi connectivity index (χ2n) is 6.24. The molecule has 0 amide bonds. The molecule has 0 bridgehead atoms. The average molecular weight is 363 g/mol. The van der Waals surface area contributed by atoms with E-state index in [1.165, 1.54) is 22.9 Å².